The van der Waals surface area contributed by atoms with Crippen LogP contribution in [0.15, 0.2) is 24.3 Å². The van der Waals surface area contributed by atoms with Crippen LogP contribution in [0.4, 0.5) is 0 Å². The monoisotopic (exact) mass is 221 g/mol. The number of para-hydroxylation sites is 1. The number of ether oxygens (including phenoxy) is 1. The van der Waals surface area contributed by atoms with Gasteiger partial charge in [0.15, 0.2) is 6.29 Å². The molecule has 0 amide bonds. The van der Waals surface area contributed by atoms with Crippen LogP contribution >= 0.6 is 0 Å². The van der Waals surface area contributed by atoms with Gasteiger partial charge >= 0.3 is 0 Å². The summed E-state index contributed by atoms with van der Waals surface area (Å²) in [6.07, 6.45) is 0.757. The van der Waals surface area contributed by atoms with Crippen LogP contribution in [-0.2, 0) is 0 Å². The van der Waals surface area contributed by atoms with Gasteiger partial charge in [-0.3, -0.25) is 4.79 Å². The van der Waals surface area contributed by atoms with Crippen molar-refractivity contribution in [1.82, 2.24) is 5.32 Å². The molecule has 1 aliphatic heterocycles. The molecule has 1 heterocycles. The van der Waals surface area contributed by atoms with Crippen molar-refractivity contribution in [1.29, 1.82) is 0 Å². The van der Waals surface area contributed by atoms with E-state index in [9.17, 15) is 9.90 Å². The van der Waals surface area contributed by atoms with E-state index in [-0.39, 0.29) is 6.10 Å². The van der Waals surface area contributed by atoms with Gasteiger partial charge in [0, 0.05) is 6.54 Å². The summed E-state index contributed by atoms with van der Waals surface area (Å²) in [6.45, 7) is 1.36. The topological polar surface area (TPSA) is 58.6 Å². The second-order valence-corrected chi connectivity index (χ2v) is 3.87. The van der Waals surface area contributed by atoms with Crippen molar-refractivity contribution in [3.05, 3.63) is 29.8 Å². The van der Waals surface area contributed by atoms with Gasteiger partial charge in [-0.2, -0.15) is 0 Å². The van der Waals surface area contributed by atoms with Crippen LogP contribution in [0.25, 0.3) is 0 Å². The highest BCUT2D eigenvalue weighted by atomic mass is 16.5. The minimum absolute atomic E-state index is 0.234. The molecule has 1 aromatic rings. The van der Waals surface area contributed by atoms with E-state index in [0.29, 0.717) is 17.9 Å². The standard InChI is InChI=1S/C12H15NO3/c14-8-9-3-1-2-4-11(9)16-12-5-6-13-7-10(12)15/h1-4,8,10,12-13,15H,5-7H2/t10-,12-/m0/s1. The van der Waals surface area contributed by atoms with Crippen molar-refractivity contribution in [2.45, 2.75) is 18.6 Å². The van der Waals surface area contributed by atoms with Crippen LogP contribution in [0.5, 0.6) is 5.75 Å². The van der Waals surface area contributed by atoms with Gasteiger partial charge in [-0.15, -0.1) is 0 Å². The lowest BCUT2D eigenvalue weighted by Gasteiger charge is -2.29. The molecule has 86 valence electrons. The predicted octanol–water partition coefficient (Wildman–Crippen LogP) is 0.601. The second kappa shape index (κ2) is 5.09. The Bertz CT molecular complexity index is 367. The number of carbonyl (C=O) groups excluding carboxylic acids is 1. The Kier molecular flexibility index (Phi) is 3.54. The van der Waals surface area contributed by atoms with Crippen LogP contribution in [0.3, 0.4) is 0 Å². The molecule has 4 nitrogen and oxygen atoms in total. The highest BCUT2D eigenvalue weighted by molar-refractivity contribution is 5.79. The lowest BCUT2D eigenvalue weighted by molar-refractivity contribution is 0.0159. The molecule has 4 heteroatoms. The summed E-state index contributed by atoms with van der Waals surface area (Å²) in [5.74, 6) is 0.545. The number of benzene rings is 1. The van der Waals surface area contributed by atoms with E-state index in [1.165, 1.54) is 0 Å². The first-order valence-corrected chi connectivity index (χ1v) is 5.41. The molecule has 2 N–H and O–H groups in total. The fourth-order valence-electron chi connectivity index (χ4n) is 1.80. The Labute approximate surface area is 94.2 Å². The lowest BCUT2D eigenvalue weighted by Crippen LogP contribution is -2.46. The third kappa shape index (κ3) is 2.40. The van der Waals surface area contributed by atoms with Crippen LogP contribution in [0.2, 0.25) is 0 Å². The van der Waals surface area contributed by atoms with Gasteiger partial charge in [0.25, 0.3) is 0 Å². The second-order valence-electron chi connectivity index (χ2n) is 3.87. The number of hydrogen-bond acceptors (Lipinski definition) is 4. The average molecular weight is 221 g/mol. The van der Waals surface area contributed by atoms with Gasteiger partial charge in [0.2, 0.25) is 0 Å². The summed E-state index contributed by atoms with van der Waals surface area (Å²) in [7, 11) is 0. The summed E-state index contributed by atoms with van der Waals surface area (Å²) in [4.78, 5) is 10.8. The van der Waals surface area contributed by atoms with Crippen molar-refractivity contribution in [2.75, 3.05) is 13.1 Å². The van der Waals surface area contributed by atoms with Crippen LogP contribution in [-0.4, -0.2) is 36.7 Å². The number of rotatable bonds is 3. The quantitative estimate of drug-likeness (QED) is 0.734. The Balaban J connectivity index is 2.10. The van der Waals surface area contributed by atoms with E-state index in [2.05, 4.69) is 5.32 Å². The molecule has 1 fully saturated rings. The summed E-state index contributed by atoms with van der Waals surface area (Å²) in [5, 5.41) is 12.8. The molecular weight excluding hydrogens is 206 g/mol. The van der Waals surface area contributed by atoms with E-state index in [1.54, 1.807) is 18.2 Å². The number of piperidine rings is 1. The van der Waals surface area contributed by atoms with Crippen LogP contribution < -0.4 is 10.1 Å². The van der Waals surface area contributed by atoms with Crippen LogP contribution in [0.1, 0.15) is 16.8 Å². The largest absolute Gasteiger partial charge is 0.487 e. The summed E-state index contributed by atoms with van der Waals surface area (Å²) in [5.41, 5.74) is 0.522. The molecule has 1 aliphatic rings. The number of hydrogen-bond donors (Lipinski definition) is 2. The maximum Gasteiger partial charge on any atom is 0.153 e. The van der Waals surface area contributed by atoms with E-state index in [0.717, 1.165) is 19.3 Å². The van der Waals surface area contributed by atoms with Crippen molar-refractivity contribution >= 4 is 6.29 Å². The maximum absolute atomic E-state index is 10.8. The zero-order valence-corrected chi connectivity index (χ0v) is 8.93. The SMILES string of the molecule is O=Cc1ccccc1O[C@H]1CCNC[C@@H]1O. The average Bonchev–Trinajstić information content (AvgIpc) is 2.33. The van der Waals surface area contributed by atoms with Crippen LogP contribution in [0, 0.1) is 0 Å². The molecule has 0 unspecified atom stereocenters. The number of β-amino-alcohol motifs (C(OH)–C–C–N with tert-alkyl or cyclic N) is 1. The third-order valence-corrected chi connectivity index (χ3v) is 2.71. The minimum Gasteiger partial charge on any atom is -0.487 e. The van der Waals surface area contributed by atoms with Crippen molar-refractivity contribution in [2.24, 2.45) is 0 Å². The van der Waals surface area contributed by atoms with Crippen molar-refractivity contribution < 1.29 is 14.6 Å². The molecule has 0 spiro atoms. The summed E-state index contributed by atoms with van der Waals surface area (Å²) in [6, 6.07) is 7.06. The third-order valence-electron chi connectivity index (χ3n) is 2.71. The Morgan fingerprint density at radius 3 is 3.00 bits per heavy atom. The van der Waals surface area contributed by atoms with Crippen molar-refractivity contribution in [3.63, 3.8) is 0 Å². The predicted molar refractivity (Wildman–Crippen MR) is 59.7 cm³/mol. The summed E-state index contributed by atoms with van der Waals surface area (Å²) >= 11 is 0. The first-order chi connectivity index (χ1) is 7.81. The van der Waals surface area contributed by atoms with Gasteiger partial charge in [-0.25, -0.2) is 0 Å². The number of aliphatic hydroxyl groups is 1. The Hall–Kier alpha value is -1.39. The van der Waals surface area contributed by atoms with Gasteiger partial charge in [0.1, 0.15) is 18.0 Å². The van der Waals surface area contributed by atoms with Gasteiger partial charge in [-0.05, 0) is 25.1 Å². The van der Waals surface area contributed by atoms with E-state index >= 15 is 0 Å². The molecule has 2 atom stereocenters. The zero-order valence-electron chi connectivity index (χ0n) is 8.93. The van der Waals surface area contributed by atoms with Gasteiger partial charge in [-0.1, -0.05) is 12.1 Å². The van der Waals surface area contributed by atoms with Gasteiger partial charge in [0.05, 0.1) is 5.56 Å². The fourth-order valence-corrected chi connectivity index (χ4v) is 1.80. The highest BCUT2D eigenvalue weighted by Crippen LogP contribution is 2.20. The minimum atomic E-state index is -0.520. The Morgan fingerprint density at radius 1 is 1.44 bits per heavy atom. The van der Waals surface area contributed by atoms with E-state index in [1.807, 2.05) is 6.07 Å². The maximum atomic E-state index is 10.8. The van der Waals surface area contributed by atoms with E-state index in [4.69, 9.17) is 4.74 Å². The Morgan fingerprint density at radius 2 is 2.25 bits per heavy atom. The molecule has 2 rings (SSSR count). The lowest BCUT2D eigenvalue weighted by atomic mass is 10.1. The highest BCUT2D eigenvalue weighted by Gasteiger charge is 2.24. The molecule has 16 heavy (non-hydrogen) atoms. The molecule has 1 saturated heterocycles. The molecule has 0 saturated carbocycles. The molecule has 0 bridgehead atoms. The summed E-state index contributed by atoms with van der Waals surface area (Å²) < 4.78 is 5.67. The van der Waals surface area contributed by atoms with Gasteiger partial charge < -0.3 is 15.2 Å². The number of nitrogens with one attached hydrogen (secondary N) is 1. The molecule has 0 radical (unpaired) electrons. The molecule has 0 aliphatic carbocycles. The molecule has 1 aromatic carbocycles. The molecular formula is C12H15NO3. The fraction of sp³-hybridized carbons (Fsp3) is 0.417. The smallest absolute Gasteiger partial charge is 0.153 e. The number of aliphatic hydroxyl groups excluding tert-OH is 1. The number of carbonyl (C=O) groups is 1. The zero-order chi connectivity index (χ0) is 11.4. The normalized spacial score (nSPS) is 25.1. The number of aldehydes is 1. The first-order valence-electron chi connectivity index (χ1n) is 5.41. The van der Waals surface area contributed by atoms with Crippen molar-refractivity contribution in [3.8, 4) is 5.75 Å². The molecule has 0 aromatic heterocycles. The first kappa shape index (κ1) is 11.1. The van der Waals surface area contributed by atoms with E-state index < -0.39 is 6.10 Å².